The topological polar surface area (TPSA) is 64.7 Å². The fourth-order valence-corrected chi connectivity index (χ4v) is 2.67. The summed E-state index contributed by atoms with van der Waals surface area (Å²) >= 11 is 0. The molecule has 1 aromatic heterocycles. The number of hydrogen-bond acceptors (Lipinski definition) is 5. The van der Waals surface area contributed by atoms with E-state index in [1.165, 1.54) is 0 Å². The second kappa shape index (κ2) is 6.76. The number of rotatable bonds is 5. The van der Waals surface area contributed by atoms with Crippen LogP contribution in [0.3, 0.4) is 0 Å². The van der Waals surface area contributed by atoms with Crippen molar-refractivity contribution >= 4 is 0 Å². The molecule has 0 aliphatic carbocycles. The molecule has 0 saturated heterocycles. The van der Waals surface area contributed by atoms with Crippen LogP contribution < -0.4 is 9.47 Å². The Kier molecular flexibility index (Phi) is 4.53. The molecule has 2 aromatic carbocycles. The lowest BCUT2D eigenvalue weighted by Crippen LogP contribution is -1.93. The molecule has 1 heterocycles. The first-order valence-electron chi connectivity index (χ1n) is 7.56. The van der Waals surface area contributed by atoms with Crippen molar-refractivity contribution in [1.29, 1.82) is 0 Å². The molecule has 0 unspecified atom stereocenters. The maximum absolute atomic E-state index is 9.89. The van der Waals surface area contributed by atoms with Crippen molar-refractivity contribution in [2.75, 3.05) is 14.2 Å². The first-order chi connectivity index (χ1) is 11.7. The molecule has 1 N–H and O–H groups in total. The first kappa shape index (κ1) is 16.1. The van der Waals surface area contributed by atoms with Crippen molar-refractivity contribution in [3.63, 3.8) is 0 Å². The molecular formula is C19H19NO4. The minimum absolute atomic E-state index is 0.179. The zero-order chi connectivity index (χ0) is 17.1. The molecular weight excluding hydrogens is 306 g/mol. The highest BCUT2D eigenvalue weighted by Crippen LogP contribution is 2.36. The molecule has 24 heavy (non-hydrogen) atoms. The number of aliphatic hydroxyl groups is 1. The molecule has 0 amide bonds. The van der Waals surface area contributed by atoms with Gasteiger partial charge in [-0.2, -0.15) is 0 Å². The number of aryl methyl sites for hydroxylation is 1. The van der Waals surface area contributed by atoms with Crippen LogP contribution in [0.4, 0.5) is 0 Å². The van der Waals surface area contributed by atoms with Gasteiger partial charge in [-0.05, 0) is 24.6 Å². The van der Waals surface area contributed by atoms with Gasteiger partial charge in [0.15, 0.2) is 5.76 Å². The maximum atomic E-state index is 9.89. The standard InChI is InChI=1S/C19H19NO4/c1-12-6-4-5-7-16(12)19-17(11-21)18(20-24-19)13-8-14(22-2)10-15(9-13)23-3/h4-10,21H,11H2,1-3H3. The average Bonchev–Trinajstić information content (AvgIpc) is 3.05. The average molecular weight is 325 g/mol. The van der Waals surface area contributed by atoms with Gasteiger partial charge in [0.25, 0.3) is 0 Å². The molecule has 3 aromatic rings. The van der Waals surface area contributed by atoms with Crippen molar-refractivity contribution in [3.8, 4) is 34.1 Å². The van der Waals surface area contributed by atoms with Crippen molar-refractivity contribution < 1.29 is 19.1 Å². The van der Waals surface area contributed by atoms with Gasteiger partial charge in [0.2, 0.25) is 0 Å². The van der Waals surface area contributed by atoms with E-state index in [0.717, 1.165) is 16.7 Å². The van der Waals surface area contributed by atoms with Crippen LogP contribution in [0.2, 0.25) is 0 Å². The van der Waals surface area contributed by atoms with Gasteiger partial charge in [0.05, 0.1) is 26.4 Å². The van der Waals surface area contributed by atoms with E-state index in [1.807, 2.05) is 43.3 Å². The van der Waals surface area contributed by atoms with E-state index >= 15 is 0 Å². The van der Waals surface area contributed by atoms with Crippen LogP contribution in [0.5, 0.6) is 11.5 Å². The van der Waals surface area contributed by atoms with Gasteiger partial charge in [-0.3, -0.25) is 0 Å². The van der Waals surface area contributed by atoms with Crippen LogP contribution in [-0.4, -0.2) is 24.5 Å². The summed E-state index contributed by atoms with van der Waals surface area (Å²) in [5.41, 5.74) is 3.94. The second-order valence-corrected chi connectivity index (χ2v) is 5.41. The Hall–Kier alpha value is -2.79. The summed E-state index contributed by atoms with van der Waals surface area (Å²) in [7, 11) is 3.18. The number of ether oxygens (including phenoxy) is 2. The summed E-state index contributed by atoms with van der Waals surface area (Å²) in [6.07, 6.45) is 0. The lowest BCUT2D eigenvalue weighted by molar-refractivity contribution is 0.281. The highest BCUT2D eigenvalue weighted by molar-refractivity contribution is 5.75. The molecule has 124 valence electrons. The Morgan fingerprint density at radius 1 is 1.04 bits per heavy atom. The minimum Gasteiger partial charge on any atom is -0.497 e. The van der Waals surface area contributed by atoms with Crippen LogP contribution >= 0.6 is 0 Å². The SMILES string of the molecule is COc1cc(OC)cc(-c2noc(-c3ccccc3C)c2CO)c1. The fraction of sp³-hybridized carbons (Fsp3) is 0.211. The number of methoxy groups -OCH3 is 2. The fourth-order valence-electron chi connectivity index (χ4n) is 2.67. The van der Waals surface area contributed by atoms with E-state index in [-0.39, 0.29) is 6.61 Å². The summed E-state index contributed by atoms with van der Waals surface area (Å²) in [6.45, 7) is 1.81. The predicted octanol–water partition coefficient (Wildman–Crippen LogP) is 3.83. The molecule has 5 heteroatoms. The van der Waals surface area contributed by atoms with E-state index in [4.69, 9.17) is 14.0 Å². The van der Waals surface area contributed by atoms with Crippen molar-refractivity contribution in [1.82, 2.24) is 5.16 Å². The lowest BCUT2D eigenvalue weighted by atomic mass is 10.00. The van der Waals surface area contributed by atoms with Gasteiger partial charge in [-0.25, -0.2) is 0 Å². The van der Waals surface area contributed by atoms with Crippen LogP contribution in [0.1, 0.15) is 11.1 Å². The zero-order valence-electron chi connectivity index (χ0n) is 13.9. The zero-order valence-corrected chi connectivity index (χ0v) is 13.9. The molecule has 0 saturated carbocycles. The van der Waals surface area contributed by atoms with Gasteiger partial charge in [-0.15, -0.1) is 0 Å². The number of aromatic nitrogens is 1. The quantitative estimate of drug-likeness (QED) is 0.772. The minimum atomic E-state index is -0.179. The number of nitrogens with zero attached hydrogens (tertiary/aromatic N) is 1. The Balaban J connectivity index is 2.16. The number of aliphatic hydroxyl groups excluding tert-OH is 1. The molecule has 5 nitrogen and oxygen atoms in total. The van der Waals surface area contributed by atoms with E-state index in [9.17, 15) is 5.11 Å². The third-order valence-corrected chi connectivity index (χ3v) is 3.96. The highest BCUT2D eigenvalue weighted by Gasteiger charge is 2.20. The predicted molar refractivity (Wildman–Crippen MR) is 91.1 cm³/mol. The summed E-state index contributed by atoms with van der Waals surface area (Å²) in [6, 6.07) is 13.3. The van der Waals surface area contributed by atoms with Crippen LogP contribution in [0, 0.1) is 6.92 Å². The van der Waals surface area contributed by atoms with Gasteiger partial charge >= 0.3 is 0 Å². The van der Waals surface area contributed by atoms with Crippen molar-refractivity contribution in [2.24, 2.45) is 0 Å². The number of benzene rings is 2. The lowest BCUT2D eigenvalue weighted by Gasteiger charge is -2.08. The molecule has 0 bridgehead atoms. The normalized spacial score (nSPS) is 10.7. The Morgan fingerprint density at radius 2 is 1.71 bits per heavy atom. The van der Waals surface area contributed by atoms with Crippen LogP contribution in [0.15, 0.2) is 47.0 Å². The van der Waals surface area contributed by atoms with Gasteiger partial charge in [0, 0.05) is 17.2 Å². The van der Waals surface area contributed by atoms with E-state index < -0.39 is 0 Å². The number of hydrogen-bond donors (Lipinski definition) is 1. The largest absolute Gasteiger partial charge is 0.497 e. The summed E-state index contributed by atoms with van der Waals surface area (Å²) in [5.74, 6) is 1.87. The Morgan fingerprint density at radius 3 is 2.29 bits per heavy atom. The highest BCUT2D eigenvalue weighted by atomic mass is 16.5. The molecule has 0 aliphatic rings. The van der Waals surface area contributed by atoms with Crippen molar-refractivity contribution in [2.45, 2.75) is 13.5 Å². The molecule has 0 aliphatic heterocycles. The Bertz CT molecular complexity index is 832. The molecule has 0 spiro atoms. The maximum Gasteiger partial charge on any atom is 0.173 e. The van der Waals surface area contributed by atoms with Crippen molar-refractivity contribution in [3.05, 3.63) is 53.6 Å². The first-order valence-corrected chi connectivity index (χ1v) is 7.56. The smallest absolute Gasteiger partial charge is 0.173 e. The van der Waals surface area contributed by atoms with E-state index in [1.54, 1.807) is 20.3 Å². The van der Waals surface area contributed by atoms with Crippen LogP contribution in [-0.2, 0) is 6.61 Å². The van der Waals surface area contributed by atoms with E-state index in [0.29, 0.717) is 28.5 Å². The van der Waals surface area contributed by atoms with Crippen LogP contribution in [0.25, 0.3) is 22.6 Å². The molecule has 0 fully saturated rings. The van der Waals surface area contributed by atoms with Gasteiger partial charge in [0.1, 0.15) is 17.2 Å². The van der Waals surface area contributed by atoms with Gasteiger partial charge in [-0.1, -0.05) is 29.4 Å². The molecule has 0 radical (unpaired) electrons. The molecule has 0 atom stereocenters. The third-order valence-electron chi connectivity index (χ3n) is 3.96. The Labute approximate surface area is 140 Å². The summed E-state index contributed by atoms with van der Waals surface area (Å²) in [4.78, 5) is 0. The van der Waals surface area contributed by atoms with Gasteiger partial charge < -0.3 is 19.1 Å². The monoisotopic (exact) mass is 325 g/mol. The summed E-state index contributed by atoms with van der Waals surface area (Å²) in [5, 5.41) is 14.1. The third kappa shape index (κ3) is 2.86. The second-order valence-electron chi connectivity index (χ2n) is 5.41. The summed E-state index contributed by atoms with van der Waals surface area (Å²) < 4.78 is 16.2. The molecule has 3 rings (SSSR count). The van der Waals surface area contributed by atoms with E-state index in [2.05, 4.69) is 5.16 Å².